The van der Waals surface area contributed by atoms with Crippen molar-refractivity contribution >= 4 is 28.9 Å². The number of benzene rings is 1. The van der Waals surface area contributed by atoms with Crippen LogP contribution in [-0.4, -0.2) is 33.4 Å². The number of carbonyl (C=O) groups is 1. The summed E-state index contributed by atoms with van der Waals surface area (Å²) in [4.78, 5) is 32.1. The Morgan fingerprint density at radius 2 is 1.83 bits per heavy atom. The van der Waals surface area contributed by atoms with Crippen LogP contribution in [0.25, 0.3) is 17.3 Å². The van der Waals surface area contributed by atoms with E-state index in [0.717, 1.165) is 24.2 Å². The van der Waals surface area contributed by atoms with Gasteiger partial charge in [-0.2, -0.15) is 5.26 Å². The second-order valence-corrected chi connectivity index (χ2v) is 7.66. The summed E-state index contributed by atoms with van der Waals surface area (Å²) < 4.78 is 2.22. The summed E-state index contributed by atoms with van der Waals surface area (Å²) in [7, 11) is 0. The lowest BCUT2D eigenvalue weighted by Crippen LogP contribution is -2.35. The van der Waals surface area contributed by atoms with Gasteiger partial charge in [0, 0.05) is 19.3 Å². The number of hydrogen-bond donors (Lipinski definition) is 0. The third kappa shape index (κ3) is 3.75. The first-order chi connectivity index (χ1) is 14.2. The largest absolute Gasteiger partial charge is 0.338 e. The molecule has 1 aliphatic heterocycles. The standard InChI is InChI=1S/C22H18N4O2S/c23-15-18(20(27)25-12-6-7-13-25)22-26(17-9-2-1-3-10-17)21(28)19(29-22)14-16-8-4-5-11-24-16/h1-5,8-11,14H,6-7,12-13H2/b19-14-,22-18-. The maximum absolute atomic E-state index is 13.2. The van der Waals surface area contributed by atoms with Crippen LogP contribution in [-0.2, 0) is 4.79 Å². The maximum Gasteiger partial charge on any atom is 0.273 e. The first-order valence-electron chi connectivity index (χ1n) is 9.33. The van der Waals surface area contributed by atoms with E-state index in [1.165, 1.54) is 4.57 Å². The summed E-state index contributed by atoms with van der Waals surface area (Å²) >= 11 is 1.14. The summed E-state index contributed by atoms with van der Waals surface area (Å²) in [5.74, 6) is -0.319. The van der Waals surface area contributed by atoms with Gasteiger partial charge in [0.05, 0.1) is 15.9 Å². The second kappa shape index (κ2) is 8.25. The topological polar surface area (TPSA) is 79.0 Å². The Bertz CT molecular complexity index is 1250. The number of amides is 1. The van der Waals surface area contributed by atoms with Gasteiger partial charge in [0.15, 0.2) is 5.57 Å². The Hall–Kier alpha value is -3.50. The lowest BCUT2D eigenvalue weighted by Gasteiger charge is -2.14. The van der Waals surface area contributed by atoms with Crippen LogP contribution in [0.3, 0.4) is 0 Å². The quantitative estimate of drug-likeness (QED) is 0.664. The van der Waals surface area contributed by atoms with Crippen LogP contribution >= 0.6 is 11.3 Å². The Kier molecular flexibility index (Phi) is 5.36. The highest BCUT2D eigenvalue weighted by atomic mass is 32.1. The molecule has 3 heterocycles. The fraction of sp³-hybridized carbons (Fsp3) is 0.182. The molecule has 2 aromatic heterocycles. The van der Waals surface area contributed by atoms with E-state index in [-0.39, 0.29) is 17.0 Å². The fourth-order valence-corrected chi connectivity index (χ4v) is 4.40. The molecule has 29 heavy (non-hydrogen) atoms. The number of carbonyl (C=O) groups excluding carboxylic acids is 1. The minimum atomic E-state index is -0.319. The molecule has 0 aliphatic carbocycles. The van der Waals surface area contributed by atoms with Gasteiger partial charge in [-0.25, -0.2) is 0 Å². The zero-order valence-corrected chi connectivity index (χ0v) is 16.4. The van der Waals surface area contributed by atoms with E-state index in [1.807, 2.05) is 24.3 Å². The van der Waals surface area contributed by atoms with Crippen molar-refractivity contribution in [3.8, 4) is 11.8 Å². The number of rotatable bonds is 3. The first kappa shape index (κ1) is 18.8. The van der Waals surface area contributed by atoms with Gasteiger partial charge in [0.25, 0.3) is 11.5 Å². The minimum absolute atomic E-state index is 0.00137. The summed E-state index contributed by atoms with van der Waals surface area (Å²) in [6.07, 6.45) is 5.20. The van der Waals surface area contributed by atoms with Crippen molar-refractivity contribution in [2.75, 3.05) is 13.1 Å². The molecule has 0 saturated carbocycles. The SMILES string of the molecule is N#C/C(C(=O)N1CCCC1)=c1/s/c(=C\c2ccccn2)c(=O)n1-c1ccccc1. The van der Waals surface area contributed by atoms with Crippen molar-refractivity contribution < 1.29 is 4.79 Å². The predicted octanol–water partition coefficient (Wildman–Crippen LogP) is 1.42. The molecule has 0 radical (unpaired) electrons. The molecule has 4 rings (SSSR count). The van der Waals surface area contributed by atoms with Crippen LogP contribution in [0.5, 0.6) is 0 Å². The first-order valence-corrected chi connectivity index (χ1v) is 10.1. The summed E-state index contributed by atoms with van der Waals surface area (Å²) in [5.41, 5.74) is 0.982. The van der Waals surface area contributed by atoms with Gasteiger partial charge in [-0.3, -0.25) is 19.1 Å². The number of para-hydroxylation sites is 1. The lowest BCUT2D eigenvalue weighted by atomic mass is 10.2. The fourth-order valence-electron chi connectivity index (χ4n) is 3.32. The third-order valence-corrected chi connectivity index (χ3v) is 5.83. The van der Waals surface area contributed by atoms with Crippen molar-refractivity contribution in [3.63, 3.8) is 0 Å². The number of pyridine rings is 1. The van der Waals surface area contributed by atoms with Crippen LogP contribution in [0.4, 0.5) is 0 Å². The van der Waals surface area contributed by atoms with Gasteiger partial charge in [-0.05, 0) is 43.2 Å². The van der Waals surface area contributed by atoms with Crippen molar-refractivity contribution in [1.29, 1.82) is 5.26 Å². The Morgan fingerprint density at radius 1 is 1.10 bits per heavy atom. The van der Waals surface area contributed by atoms with Crippen LogP contribution in [0, 0.1) is 11.3 Å². The smallest absolute Gasteiger partial charge is 0.273 e. The van der Waals surface area contributed by atoms with Gasteiger partial charge in [0.1, 0.15) is 10.7 Å². The average molecular weight is 402 g/mol. The van der Waals surface area contributed by atoms with E-state index in [0.29, 0.717) is 33.7 Å². The molecule has 0 atom stereocenters. The van der Waals surface area contributed by atoms with E-state index < -0.39 is 0 Å². The number of nitrogens with zero attached hydrogens (tertiary/aromatic N) is 4. The number of nitriles is 1. The van der Waals surface area contributed by atoms with Gasteiger partial charge in [0.2, 0.25) is 0 Å². The Morgan fingerprint density at radius 3 is 2.48 bits per heavy atom. The van der Waals surface area contributed by atoms with E-state index in [2.05, 4.69) is 11.1 Å². The summed E-state index contributed by atoms with van der Waals surface area (Å²) in [6.45, 7) is 1.27. The van der Waals surface area contributed by atoms with Crippen LogP contribution in [0.15, 0.2) is 59.5 Å². The number of aromatic nitrogens is 2. The normalized spacial score (nSPS) is 15.3. The van der Waals surface area contributed by atoms with Gasteiger partial charge >= 0.3 is 0 Å². The molecule has 7 heteroatoms. The Balaban J connectivity index is 2.01. The zero-order valence-electron chi connectivity index (χ0n) is 15.6. The second-order valence-electron chi connectivity index (χ2n) is 6.63. The van der Waals surface area contributed by atoms with Crippen molar-refractivity contribution in [2.45, 2.75) is 12.8 Å². The molecule has 1 aromatic carbocycles. The molecular formula is C22H18N4O2S. The van der Waals surface area contributed by atoms with Crippen molar-refractivity contribution in [3.05, 3.63) is 80.0 Å². The molecule has 1 fully saturated rings. The molecular weight excluding hydrogens is 384 g/mol. The van der Waals surface area contributed by atoms with Gasteiger partial charge in [-0.1, -0.05) is 24.3 Å². The van der Waals surface area contributed by atoms with E-state index in [9.17, 15) is 14.9 Å². The highest BCUT2D eigenvalue weighted by Crippen LogP contribution is 2.12. The summed E-state index contributed by atoms with van der Waals surface area (Å²) in [6, 6.07) is 16.6. The van der Waals surface area contributed by atoms with Crippen molar-refractivity contribution in [1.82, 2.24) is 14.5 Å². The monoisotopic (exact) mass is 402 g/mol. The van der Waals surface area contributed by atoms with Crippen LogP contribution in [0.1, 0.15) is 18.5 Å². The average Bonchev–Trinajstić information content (AvgIpc) is 3.39. The summed E-state index contributed by atoms with van der Waals surface area (Å²) in [5, 5.41) is 9.81. The van der Waals surface area contributed by atoms with Gasteiger partial charge < -0.3 is 4.90 Å². The number of likely N-dealkylation sites (tertiary alicyclic amines) is 1. The van der Waals surface area contributed by atoms with Gasteiger partial charge in [-0.15, -0.1) is 11.3 Å². The molecule has 0 spiro atoms. The number of thiazole rings is 1. The van der Waals surface area contributed by atoms with E-state index in [4.69, 9.17) is 0 Å². The predicted molar refractivity (Wildman–Crippen MR) is 112 cm³/mol. The molecule has 0 N–H and O–H groups in total. The molecule has 6 nitrogen and oxygen atoms in total. The molecule has 1 amide bonds. The molecule has 1 saturated heterocycles. The maximum atomic E-state index is 13.2. The Labute approximate surface area is 171 Å². The van der Waals surface area contributed by atoms with E-state index >= 15 is 0 Å². The molecule has 0 bridgehead atoms. The van der Waals surface area contributed by atoms with Crippen LogP contribution < -0.4 is 14.8 Å². The molecule has 144 valence electrons. The third-order valence-electron chi connectivity index (χ3n) is 4.74. The van der Waals surface area contributed by atoms with Crippen LogP contribution in [0.2, 0.25) is 0 Å². The highest BCUT2D eigenvalue weighted by Gasteiger charge is 2.24. The minimum Gasteiger partial charge on any atom is -0.338 e. The highest BCUT2D eigenvalue weighted by molar-refractivity contribution is 7.07. The van der Waals surface area contributed by atoms with E-state index in [1.54, 1.807) is 41.4 Å². The van der Waals surface area contributed by atoms with Crippen molar-refractivity contribution in [2.24, 2.45) is 0 Å². The molecule has 1 aliphatic rings. The lowest BCUT2D eigenvalue weighted by molar-refractivity contribution is -0.123. The molecule has 0 unspecified atom stereocenters. The molecule has 3 aromatic rings. The zero-order chi connectivity index (χ0) is 20.2. The number of hydrogen-bond acceptors (Lipinski definition) is 5.